The number of nitro groups is 1. The first kappa shape index (κ1) is 12.6. The SMILES string of the molecule is O=[N+]([O-])c1ccc(Cl)nc1NC1CCN(C2CC2)C1. The standard InChI is InChI=1S/C12H15ClN4O2/c13-11-4-3-10(17(18)19)12(15-11)14-8-5-6-16(7-8)9-1-2-9/h3-4,8-9H,1-2,5-7H2,(H,14,15). The van der Waals surface area contributed by atoms with Crippen molar-refractivity contribution in [3.8, 4) is 0 Å². The van der Waals surface area contributed by atoms with Gasteiger partial charge in [-0.05, 0) is 25.3 Å². The molecule has 1 saturated heterocycles. The van der Waals surface area contributed by atoms with E-state index in [9.17, 15) is 10.1 Å². The van der Waals surface area contributed by atoms with E-state index in [2.05, 4.69) is 15.2 Å². The Morgan fingerprint density at radius 3 is 2.89 bits per heavy atom. The summed E-state index contributed by atoms with van der Waals surface area (Å²) in [5, 5.41) is 14.4. The number of aromatic nitrogens is 1. The molecule has 1 saturated carbocycles. The minimum absolute atomic E-state index is 0.0192. The molecule has 2 heterocycles. The third kappa shape index (κ3) is 2.79. The Bertz CT molecular complexity index is 507. The van der Waals surface area contributed by atoms with E-state index in [0.29, 0.717) is 0 Å². The lowest BCUT2D eigenvalue weighted by molar-refractivity contribution is -0.384. The predicted octanol–water partition coefficient (Wildman–Crippen LogP) is 2.29. The summed E-state index contributed by atoms with van der Waals surface area (Å²) in [6.07, 6.45) is 3.55. The molecular weight excluding hydrogens is 268 g/mol. The van der Waals surface area contributed by atoms with Gasteiger partial charge in [0.1, 0.15) is 5.15 Å². The second kappa shape index (κ2) is 4.94. The largest absolute Gasteiger partial charge is 0.360 e. The predicted molar refractivity (Wildman–Crippen MR) is 72.5 cm³/mol. The van der Waals surface area contributed by atoms with Crippen LogP contribution in [0.2, 0.25) is 5.15 Å². The molecule has 1 aliphatic carbocycles. The zero-order valence-electron chi connectivity index (χ0n) is 10.4. The first-order valence-electron chi connectivity index (χ1n) is 6.45. The van der Waals surface area contributed by atoms with Crippen molar-refractivity contribution < 1.29 is 4.92 Å². The molecule has 102 valence electrons. The first-order valence-corrected chi connectivity index (χ1v) is 6.83. The van der Waals surface area contributed by atoms with Crippen LogP contribution >= 0.6 is 11.6 Å². The number of anilines is 1. The smallest absolute Gasteiger partial charge is 0.311 e. The van der Waals surface area contributed by atoms with Gasteiger partial charge in [0.2, 0.25) is 5.82 Å². The molecule has 1 aromatic heterocycles. The number of nitrogens with one attached hydrogen (secondary N) is 1. The van der Waals surface area contributed by atoms with Gasteiger partial charge in [-0.3, -0.25) is 15.0 Å². The zero-order chi connectivity index (χ0) is 13.4. The van der Waals surface area contributed by atoms with Gasteiger partial charge in [-0.15, -0.1) is 0 Å². The molecule has 1 aromatic rings. The molecule has 19 heavy (non-hydrogen) atoms. The van der Waals surface area contributed by atoms with Crippen LogP contribution in [0.3, 0.4) is 0 Å². The highest BCUT2D eigenvalue weighted by Gasteiger charge is 2.35. The summed E-state index contributed by atoms with van der Waals surface area (Å²) in [7, 11) is 0. The number of rotatable bonds is 4. The number of hydrogen-bond acceptors (Lipinski definition) is 5. The molecule has 7 heteroatoms. The van der Waals surface area contributed by atoms with Crippen LogP contribution < -0.4 is 5.32 Å². The Balaban J connectivity index is 1.72. The minimum atomic E-state index is -0.431. The molecule has 0 spiro atoms. The molecule has 2 fully saturated rings. The molecule has 0 aromatic carbocycles. The van der Waals surface area contributed by atoms with Crippen molar-refractivity contribution in [2.24, 2.45) is 0 Å². The molecule has 1 unspecified atom stereocenters. The van der Waals surface area contributed by atoms with E-state index < -0.39 is 4.92 Å². The number of likely N-dealkylation sites (tertiary alicyclic amines) is 1. The summed E-state index contributed by atoms with van der Waals surface area (Å²) in [5.74, 6) is 0.278. The van der Waals surface area contributed by atoms with E-state index >= 15 is 0 Å². The van der Waals surface area contributed by atoms with Gasteiger partial charge in [-0.25, -0.2) is 4.98 Å². The fourth-order valence-electron chi connectivity index (χ4n) is 2.55. The summed E-state index contributed by atoms with van der Waals surface area (Å²) >= 11 is 5.81. The molecule has 0 radical (unpaired) electrons. The summed E-state index contributed by atoms with van der Waals surface area (Å²) < 4.78 is 0. The Labute approximate surface area is 115 Å². The summed E-state index contributed by atoms with van der Waals surface area (Å²) in [4.78, 5) is 17.0. The van der Waals surface area contributed by atoms with Crippen LogP contribution in [0, 0.1) is 10.1 Å². The van der Waals surface area contributed by atoms with Gasteiger partial charge in [0.25, 0.3) is 0 Å². The van der Waals surface area contributed by atoms with Gasteiger partial charge in [-0.1, -0.05) is 11.6 Å². The fraction of sp³-hybridized carbons (Fsp3) is 0.583. The second-order valence-corrected chi connectivity index (χ2v) is 5.50. The number of nitrogens with zero attached hydrogens (tertiary/aromatic N) is 3. The number of halogens is 1. The Hall–Kier alpha value is -1.40. The lowest BCUT2D eigenvalue weighted by atomic mass is 10.2. The molecule has 0 bridgehead atoms. The van der Waals surface area contributed by atoms with Gasteiger partial charge in [-0.2, -0.15) is 0 Å². The maximum atomic E-state index is 11.0. The highest BCUT2D eigenvalue weighted by Crippen LogP contribution is 2.31. The third-order valence-electron chi connectivity index (χ3n) is 3.66. The summed E-state index contributed by atoms with van der Waals surface area (Å²) in [5.41, 5.74) is -0.0192. The second-order valence-electron chi connectivity index (χ2n) is 5.11. The van der Waals surface area contributed by atoms with E-state index in [0.717, 1.165) is 25.6 Å². The molecule has 1 atom stereocenters. The highest BCUT2D eigenvalue weighted by atomic mass is 35.5. The molecule has 6 nitrogen and oxygen atoms in total. The average Bonchev–Trinajstić information content (AvgIpc) is 3.10. The van der Waals surface area contributed by atoms with E-state index in [4.69, 9.17) is 11.6 Å². The van der Waals surface area contributed by atoms with Crippen molar-refractivity contribution in [3.05, 3.63) is 27.4 Å². The Morgan fingerprint density at radius 1 is 1.42 bits per heavy atom. The van der Waals surface area contributed by atoms with Crippen LogP contribution in [-0.2, 0) is 0 Å². The van der Waals surface area contributed by atoms with Crippen molar-refractivity contribution in [3.63, 3.8) is 0 Å². The Morgan fingerprint density at radius 2 is 2.21 bits per heavy atom. The molecule has 1 N–H and O–H groups in total. The lowest BCUT2D eigenvalue weighted by Crippen LogP contribution is -2.28. The molecule has 0 amide bonds. The van der Waals surface area contributed by atoms with Crippen molar-refractivity contribution in [2.75, 3.05) is 18.4 Å². The van der Waals surface area contributed by atoms with Crippen LogP contribution in [0.5, 0.6) is 0 Å². The van der Waals surface area contributed by atoms with Crippen molar-refractivity contribution in [1.29, 1.82) is 0 Å². The van der Waals surface area contributed by atoms with Gasteiger partial charge >= 0.3 is 5.69 Å². The molecular formula is C12H15ClN4O2. The van der Waals surface area contributed by atoms with Gasteiger partial charge < -0.3 is 5.32 Å². The first-order chi connectivity index (χ1) is 9.13. The summed E-state index contributed by atoms with van der Waals surface area (Å²) in [6.45, 7) is 1.98. The van der Waals surface area contributed by atoms with Gasteiger partial charge in [0, 0.05) is 31.2 Å². The van der Waals surface area contributed by atoms with Crippen molar-refractivity contribution in [1.82, 2.24) is 9.88 Å². The van der Waals surface area contributed by atoms with Crippen molar-refractivity contribution in [2.45, 2.75) is 31.3 Å². The van der Waals surface area contributed by atoms with Gasteiger partial charge in [0.15, 0.2) is 0 Å². The molecule has 3 rings (SSSR count). The minimum Gasteiger partial charge on any atom is -0.360 e. The van der Waals surface area contributed by atoms with Crippen LogP contribution in [0.15, 0.2) is 12.1 Å². The topological polar surface area (TPSA) is 71.3 Å². The van der Waals surface area contributed by atoms with Gasteiger partial charge in [0.05, 0.1) is 4.92 Å². The average molecular weight is 283 g/mol. The van der Waals surface area contributed by atoms with Crippen molar-refractivity contribution >= 4 is 23.1 Å². The van der Waals surface area contributed by atoms with E-state index in [1.807, 2.05) is 0 Å². The van der Waals surface area contributed by atoms with E-state index in [-0.39, 0.29) is 22.7 Å². The van der Waals surface area contributed by atoms with E-state index in [1.54, 1.807) is 0 Å². The maximum absolute atomic E-state index is 11.0. The molecule has 2 aliphatic rings. The fourth-order valence-corrected chi connectivity index (χ4v) is 2.70. The van der Waals surface area contributed by atoms with Crippen LogP contribution in [0.25, 0.3) is 0 Å². The Kier molecular flexibility index (Phi) is 3.28. The van der Waals surface area contributed by atoms with Crippen LogP contribution in [0.1, 0.15) is 19.3 Å². The zero-order valence-corrected chi connectivity index (χ0v) is 11.1. The maximum Gasteiger partial charge on any atom is 0.311 e. The molecule has 1 aliphatic heterocycles. The van der Waals surface area contributed by atoms with E-state index in [1.165, 1.54) is 25.0 Å². The number of pyridine rings is 1. The third-order valence-corrected chi connectivity index (χ3v) is 3.87. The highest BCUT2D eigenvalue weighted by molar-refractivity contribution is 6.29. The normalized spacial score (nSPS) is 23.5. The summed E-state index contributed by atoms with van der Waals surface area (Å²) in [6, 6.07) is 3.78. The lowest BCUT2D eigenvalue weighted by Gasteiger charge is -2.16. The van der Waals surface area contributed by atoms with Crippen LogP contribution in [-0.4, -0.2) is 40.0 Å². The number of hydrogen-bond donors (Lipinski definition) is 1. The van der Waals surface area contributed by atoms with Crippen LogP contribution in [0.4, 0.5) is 11.5 Å². The quantitative estimate of drug-likeness (QED) is 0.521. The monoisotopic (exact) mass is 282 g/mol.